The van der Waals surface area contributed by atoms with Gasteiger partial charge in [-0.2, -0.15) is 0 Å². The van der Waals surface area contributed by atoms with E-state index in [1.807, 2.05) is 0 Å². The Morgan fingerprint density at radius 2 is 2.29 bits per heavy atom. The van der Waals surface area contributed by atoms with Gasteiger partial charge in [-0.1, -0.05) is 0 Å². The predicted octanol–water partition coefficient (Wildman–Crippen LogP) is -2.82. The van der Waals surface area contributed by atoms with Gasteiger partial charge in [0.15, 0.2) is 0 Å². The van der Waals surface area contributed by atoms with E-state index in [1.54, 1.807) is 0 Å². The fourth-order valence-electron chi connectivity index (χ4n) is 1.15. The fourth-order valence-corrected chi connectivity index (χ4v) is 1.15. The van der Waals surface area contributed by atoms with E-state index in [1.165, 1.54) is 12.5 Å². The Morgan fingerprint density at radius 1 is 1.59 bits per heavy atom. The number of aliphatic imine (C=N–C) groups is 1. The molecule has 1 unspecified atom stereocenters. The van der Waals surface area contributed by atoms with Crippen LogP contribution in [0.1, 0.15) is 12.1 Å². The standard InChI is InChI=1S/C9H14N4O3.Zn/c10-2-1-8(14)13-7(9(15)16)3-6-4-11-5-12-6;/h4-5,7H,1-3,10H2,(H,11,12)(H,13,14)(H,15,16);/q;+2/p-2. The summed E-state index contributed by atoms with van der Waals surface area (Å²) in [5.74, 6) is -1.92. The third-order valence-electron chi connectivity index (χ3n) is 1.90. The van der Waals surface area contributed by atoms with Gasteiger partial charge in [-0.25, -0.2) is 4.98 Å². The Balaban J connectivity index is 0.00000256. The number of carbonyl (C=O) groups excluding carboxylic acids is 1. The molecule has 0 radical (unpaired) electrons. The Kier molecular flexibility index (Phi) is 7.33. The van der Waals surface area contributed by atoms with Gasteiger partial charge < -0.3 is 25.7 Å². The monoisotopic (exact) mass is 288 g/mol. The van der Waals surface area contributed by atoms with Crippen LogP contribution >= 0.6 is 0 Å². The van der Waals surface area contributed by atoms with Crippen LogP contribution in [-0.4, -0.2) is 34.4 Å². The molecule has 0 saturated heterocycles. The van der Waals surface area contributed by atoms with E-state index in [0.29, 0.717) is 5.69 Å². The minimum Gasteiger partial charge on any atom is -0.862 e. The molecule has 1 heterocycles. The molecule has 17 heavy (non-hydrogen) atoms. The van der Waals surface area contributed by atoms with Crippen molar-refractivity contribution in [3.05, 3.63) is 18.2 Å². The molecule has 1 rings (SSSR count). The average Bonchev–Trinajstić information content (AvgIpc) is 2.69. The van der Waals surface area contributed by atoms with Gasteiger partial charge in [0.2, 0.25) is 0 Å². The van der Waals surface area contributed by atoms with Crippen molar-refractivity contribution in [1.29, 1.82) is 0 Å². The zero-order chi connectivity index (χ0) is 12.0. The molecule has 0 amide bonds. The number of aliphatic carboxylic acids is 1. The minimum absolute atomic E-state index is 0. The van der Waals surface area contributed by atoms with Crippen molar-refractivity contribution in [3.8, 4) is 0 Å². The van der Waals surface area contributed by atoms with Gasteiger partial charge in [0.25, 0.3) is 0 Å². The number of aromatic nitrogens is 2. The molecule has 0 fully saturated rings. The summed E-state index contributed by atoms with van der Waals surface area (Å²) in [5, 5.41) is 21.9. The first-order valence-electron chi connectivity index (χ1n) is 4.75. The maximum atomic E-state index is 11.1. The molecular formula is C9H12N4O3Zn. The van der Waals surface area contributed by atoms with E-state index < -0.39 is 17.9 Å². The van der Waals surface area contributed by atoms with Crippen LogP contribution in [0.5, 0.6) is 0 Å². The summed E-state index contributed by atoms with van der Waals surface area (Å²) < 4.78 is 0. The number of hydrogen-bond acceptors (Lipinski definition) is 6. The first-order chi connectivity index (χ1) is 7.63. The van der Waals surface area contributed by atoms with Gasteiger partial charge >= 0.3 is 19.5 Å². The summed E-state index contributed by atoms with van der Waals surface area (Å²) in [6, 6.07) is -1.19. The van der Waals surface area contributed by atoms with E-state index in [-0.39, 0.29) is 38.9 Å². The quantitative estimate of drug-likeness (QED) is 0.331. The third-order valence-corrected chi connectivity index (χ3v) is 1.90. The van der Waals surface area contributed by atoms with Crippen LogP contribution in [-0.2, 0) is 30.7 Å². The Bertz CT molecular complexity index is 366. The average molecular weight is 290 g/mol. The SMILES string of the molecule is NCCC([O-])=NC(Cc1cnc[nH]1)C(=O)[O-].[Zn+2]. The van der Waals surface area contributed by atoms with E-state index in [0.717, 1.165) is 0 Å². The van der Waals surface area contributed by atoms with E-state index >= 15 is 0 Å². The summed E-state index contributed by atoms with van der Waals surface area (Å²) in [5.41, 5.74) is 5.74. The molecular weight excluding hydrogens is 278 g/mol. The molecule has 0 aliphatic heterocycles. The summed E-state index contributed by atoms with van der Waals surface area (Å²) >= 11 is 0. The van der Waals surface area contributed by atoms with Crippen LogP contribution in [0.25, 0.3) is 0 Å². The number of nitrogens with zero attached hydrogens (tertiary/aromatic N) is 2. The number of aromatic amines is 1. The van der Waals surface area contributed by atoms with Crippen molar-refractivity contribution in [3.63, 3.8) is 0 Å². The summed E-state index contributed by atoms with van der Waals surface area (Å²) in [7, 11) is 0. The number of rotatable bonds is 6. The molecule has 1 aromatic rings. The molecule has 3 N–H and O–H groups in total. The molecule has 0 aromatic carbocycles. The van der Waals surface area contributed by atoms with E-state index in [4.69, 9.17) is 5.73 Å². The first kappa shape index (κ1) is 15.7. The van der Waals surface area contributed by atoms with Crippen LogP contribution in [0.3, 0.4) is 0 Å². The molecule has 7 nitrogen and oxygen atoms in total. The molecule has 0 spiro atoms. The van der Waals surface area contributed by atoms with Crippen molar-refractivity contribution in [2.75, 3.05) is 6.54 Å². The number of nitrogens with one attached hydrogen (secondary N) is 1. The first-order valence-corrected chi connectivity index (χ1v) is 4.75. The molecule has 1 aromatic heterocycles. The van der Waals surface area contributed by atoms with Crippen LogP contribution in [0, 0.1) is 0 Å². The third kappa shape index (κ3) is 5.56. The number of nitrogens with two attached hydrogens (primary N) is 1. The molecule has 8 heteroatoms. The Labute approximate surface area is 111 Å². The zero-order valence-corrected chi connectivity index (χ0v) is 12.2. The fraction of sp³-hybridized carbons (Fsp3) is 0.444. The molecule has 1 atom stereocenters. The van der Waals surface area contributed by atoms with Crippen LogP contribution in [0.15, 0.2) is 17.5 Å². The largest absolute Gasteiger partial charge is 2.00 e. The van der Waals surface area contributed by atoms with Gasteiger partial charge in [-0.3, -0.25) is 4.99 Å². The Morgan fingerprint density at radius 3 is 2.76 bits per heavy atom. The van der Waals surface area contributed by atoms with Crippen LogP contribution in [0.2, 0.25) is 0 Å². The van der Waals surface area contributed by atoms with Gasteiger partial charge in [-0.15, -0.1) is 0 Å². The summed E-state index contributed by atoms with van der Waals surface area (Å²) in [6.07, 6.45) is 2.98. The number of imidazole rings is 1. The summed E-state index contributed by atoms with van der Waals surface area (Å²) in [6.45, 7) is 0.145. The zero-order valence-electron chi connectivity index (χ0n) is 9.26. The van der Waals surface area contributed by atoms with Crippen LogP contribution < -0.4 is 15.9 Å². The van der Waals surface area contributed by atoms with Gasteiger partial charge in [0, 0.05) is 18.3 Å². The van der Waals surface area contributed by atoms with Crippen molar-refractivity contribution in [2.24, 2.45) is 10.7 Å². The normalized spacial score (nSPS) is 12.9. The topological polar surface area (TPSA) is 130 Å². The number of hydrogen-bond donors (Lipinski definition) is 2. The summed E-state index contributed by atoms with van der Waals surface area (Å²) in [4.78, 5) is 20.7. The number of carboxylic acids is 1. The van der Waals surface area contributed by atoms with Crippen LogP contribution in [0.4, 0.5) is 0 Å². The van der Waals surface area contributed by atoms with E-state index in [2.05, 4.69) is 15.0 Å². The van der Waals surface area contributed by atoms with Gasteiger partial charge in [0.1, 0.15) is 0 Å². The molecule has 0 bridgehead atoms. The second-order valence-electron chi connectivity index (χ2n) is 3.18. The minimum atomic E-state index is -1.39. The number of H-pyrrole nitrogens is 1. The van der Waals surface area contributed by atoms with Crippen molar-refractivity contribution in [1.82, 2.24) is 9.97 Å². The second-order valence-corrected chi connectivity index (χ2v) is 3.18. The molecule has 0 saturated carbocycles. The number of carbonyl (C=O) groups is 1. The van der Waals surface area contributed by atoms with Gasteiger partial charge in [0.05, 0.1) is 18.3 Å². The maximum Gasteiger partial charge on any atom is 2.00 e. The van der Waals surface area contributed by atoms with Gasteiger partial charge in [-0.05, 0) is 18.9 Å². The van der Waals surface area contributed by atoms with Crippen molar-refractivity contribution >= 4 is 11.9 Å². The Hall–Kier alpha value is -1.27. The van der Waals surface area contributed by atoms with Crippen molar-refractivity contribution < 1.29 is 34.5 Å². The number of carboxylic acid groups (broad SMARTS) is 1. The predicted molar refractivity (Wildman–Crippen MR) is 52.2 cm³/mol. The smallest absolute Gasteiger partial charge is 0.862 e. The molecule has 88 valence electrons. The molecule has 0 aliphatic carbocycles. The van der Waals surface area contributed by atoms with E-state index in [9.17, 15) is 15.0 Å². The molecule has 0 aliphatic rings. The maximum absolute atomic E-state index is 11.1. The second kappa shape index (κ2) is 7.92. The van der Waals surface area contributed by atoms with Crippen molar-refractivity contribution in [2.45, 2.75) is 18.9 Å².